The van der Waals surface area contributed by atoms with Crippen LogP contribution in [0.3, 0.4) is 0 Å². The second-order valence-corrected chi connectivity index (χ2v) is 6.71. The molecule has 2 aromatic carbocycles. The molecule has 0 spiro atoms. The summed E-state index contributed by atoms with van der Waals surface area (Å²) in [5.74, 6) is -2.35. The zero-order valence-corrected chi connectivity index (χ0v) is 16.0. The molecule has 28 heavy (non-hydrogen) atoms. The summed E-state index contributed by atoms with van der Waals surface area (Å²) < 4.78 is 13.9. The van der Waals surface area contributed by atoms with Crippen molar-refractivity contribution in [2.45, 2.75) is 31.8 Å². The second kappa shape index (κ2) is 9.85. The molecule has 0 bridgehead atoms. The van der Waals surface area contributed by atoms with Crippen LogP contribution in [0.1, 0.15) is 18.1 Å². The Hall–Kier alpha value is -2.93. The maximum absolute atomic E-state index is 13.9. The van der Waals surface area contributed by atoms with Crippen molar-refractivity contribution in [1.29, 1.82) is 0 Å². The SMILES string of the molecule is CC(=O)N[C@@H](Cc1ccccc1F)C(=O)N[C@H](Cc1ccccc1Cl)C(N)=O. The lowest BCUT2D eigenvalue weighted by Gasteiger charge is -2.22. The lowest BCUT2D eigenvalue weighted by Crippen LogP contribution is -2.54. The summed E-state index contributed by atoms with van der Waals surface area (Å²) in [5.41, 5.74) is 6.32. The first-order valence-corrected chi connectivity index (χ1v) is 8.99. The van der Waals surface area contributed by atoms with Gasteiger partial charge in [0, 0.05) is 24.8 Å². The van der Waals surface area contributed by atoms with Crippen molar-refractivity contribution < 1.29 is 18.8 Å². The van der Waals surface area contributed by atoms with Gasteiger partial charge in [-0.05, 0) is 23.3 Å². The molecule has 0 aliphatic rings. The summed E-state index contributed by atoms with van der Waals surface area (Å²) in [6.07, 6.45) is 0.0168. The van der Waals surface area contributed by atoms with Gasteiger partial charge in [0.05, 0.1) is 0 Å². The fourth-order valence-electron chi connectivity index (χ4n) is 2.72. The molecule has 0 unspecified atom stereocenters. The quantitative estimate of drug-likeness (QED) is 0.623. The highest BCUT2D eigenvalue weighted by molar-refractivity contribution is 6.31. The summed E-state index contributed by atoms with van der Waals surface area (Å²) in [6.45, 7) is 1.25. The van der Waals surface area contributed by atoms with E-state index in [2.05, 4.69) is 10.6 Å². The van der Waals surface area contributed by atoms with E-state index in [4.69, 9.17) is 17.3 Å². The minimum atomic E-state index is -1.07. The Morgan fingerprint density at radius 2 is 1.54 bits per heavy atom. The fourth-order valence-corrected chi connectivity index (χ4v) is 2.93. The van der Waals surface area contributed by atoms with Gasteiger partial charge in [-0.3, -0.25) is 14.4 Å². The van der Waals surface area contributed by atoms with Gasteiger partial charge >= 0.3 is 0 Å². The standard InChI is InChI=1S/C20H21ClFN3O3/c1-12(26)24-18(11-14-7-3-5-9-16(14)22)20(28)25-17(19(23)27)10-13-6-2-4-8-15(13)21/h2-9,17-18H,10-11H2,1H3,(H2,23,27)(H,24,26)(H,25,28)/t17-,18+/m1/s1. The monoisotopic (exact) mass is 405 g/mol. The molecular weight excluding hydrogens is 385 g/mol. The summed E-state index contributed by atoms with van der Waals surface area (Å²) in [4.78, 5) is 36.0. The third-order valence-electron chi connectivity index (χ3n) is 4.12. The number of carbonyl (C=O) groups is 3. The highest BCUT2D eigenvalue weighted by Crippen LogP contribution is 2.17. The molecule has 2 atom stereocenters. The average molecular weight is 406 g/mol. The van der Waals surface area contributed by atoms with Crippen LogP contribution in [0.25, 0.3) is 0 Å². The van der Waals surface area contributed by atoms with Gasteiger partial charge in [-0.15, -0.1) is 0 Å². The van der Waals surface area contributed by atoms with E-state index >= 15 is 0 Å². The average Bonchev–Trinajstić information content (AvgIpc) is 2.63. The van der Waals surface area contributed by atoms with Crippen LogP contribution in [0.2, 0.25) is 5.02 Å². The van der Waals surface area contributed by atoms with E-state index in [0.717, 1.165) is 0 Å². The molecule has 0 aliphatic heterocycles. The topological polar surface area (TPSA) is 101 Å². The molecule has 2 rings (SSSR count). The molecule has 0 radical (unpaired) electrons. The van der Waals surface area contributed by atoms with Crippen molar-refractivity contribution >= 4 is 29.3 Å². The highest BCUT2D eigenvalue weighted by Gasteiger charge is 2.26. The molecule has 0 aromatic heterocycles. The maximum Gasteiger partial charge on any atom is 0.243 e. The van der Waals surface area contributed by atoms with Crippen molar-refractivity contribution in [2.75, 3.05) is 0 Å². The molecule has 0 saturated carbocycles. The molecule has 3 amide bonds. The Morgan fingerprint density at radius 3 is 2.11 bits per heavy atom. The van der Waals surface area contributed by atoms with Gasteiger partial charge in [-0.1, -0.05) is 48.0 Å². The summed E-state index contributed by atoms with van der Waals surface area (Å²) in [5, 5.41) is 5.44. The molecule has 2 aromatic rings. The minimum Gasteiger partial charge on any atom is -0.368 e. The smallest absolute Gasteiger partial charge is 0.243 e. The Morgan fingerprint density at radius 1 is 0.964 bits per heavy atom. The molecule has 148 valence electrons. The van der Waals surface area contributed by atoms with Crippen LogP contribution in [-0.2, 0) is 27.2 Å². The zero-order valence-electron chi connectivity index (χ0n) is 15.2. The van der Waals surface area contributed by atoms with Gasteiger partial charge in [-0.2, -0.15) is 0 Å². The number of hydrogen-bond acceptors (Lipinski definition) is 3. The van der Waals surface area contributed by atoms with Crippen LogP contribution < -0.4 is 16.4 Å². The van der Waals surface area contributed by atoms with E-state index in [1.54, 1.807) is 30.3 Å². The van der Waals surface area contributed by atoms with Crippen LogP contribution in [0.4, 0.5) is 4.39 Å². The minimum absolute atomic E-state index is 0.0737. The van der Waals surface area contributed by atoms with Crippen LogP contribution in [0.15, 0.2) is 48.5 Å². The number of hydrogen-bond donors (Lipinski definition) is 3. The number of rotatable bonds is 8. The first-order chi connectivity index (χ1) is 13.3. The van der Waals surface area contributed by atoms with Crippen molar-refractivity contribution in [2.24, 2.45) is 5.73 Å². The number of nitrogens with two attached hydrogens (primary N) is 1. The molecule has 6 nitrogen and oxygen atoms in total. The lowest BCUT2D eigenvalue weighted by molar-refractivity contribution is -0.130. The van der Waals surface area contributed by atoms with E-state index in [-0.39, 0.29) is 18.4 Å². The van der Waals surface area contributed by atoms with Crippen molar-refractivity contribution in [3.05, 3.63) is 70.5 Å². The fraction of sp³-hybridized carbons (Fsp3) is 0.250. The molecule has 4 N–H and O–H groups in total. The molecule has 0 aliphatic carbocycles. The third-order valence-corrected chi connectivity index (χ3v) is 4.49. The third kappa shape index (κ3) is 6.06. The number of carbonyl (C=O) groups excluding carboxylic acids is 3. The number of amides is 3. The summed E-state index contributed by atoms with van der Waals surface area (Å²) in [7, 11) is 0. The van der Waals surface area contributed by atoms with Crippen molar-refractivity contribution in [3.63, 3.8) is 0 Å². The molecule has 0 saturated heterocycles. The van der Waals surface area contributed by atoms with E-state index in [9.17, 15) is 18.8 Å². The number of halogens is 2. The predicted octanol–water partition coefficient (Wildman–Crippen LogP) is 1.74. The van der Waals surface area contributed by atoms with Gasteiger partial charge in [0.15, 0.2) is 0 Å². The summed E-state index contributed by atoms with van der Waals surface area (Å²) in [6, 6.07) is 10.7. The maximum atomic E-state index is 13.9. The Kier molecular flexibility index (Phi) is 7.52. The number of nitrogens with one attached hydrogen (secondary N) is 2. The Balaban J connectivity index is 2.17. The Labute approximate surface area is 167 Å². The van der Waals surface area contributed by atoms with Crippen LogP contribution in [0.5, 0.6) is 0 Å². The molecule has 0 fully saturated rings. The van der Waals surface area contributed by atoms with Crippen LogP contribution in [-0.4, -0.2) is 29.8 Å². The van der Waals surface area contributed by atoms with Gasteiger partial charge < -0.3 is 16.4 Å². The number of primary amides is 1. The lowest BCUT2D eigenvalue weighted by atomic mass is 10.0. The van der Waals surface area contributed by atoms with E-state index in [1.165, 1.54) is 25.1 Å². The van der Waals surface area contributed by atoms with Gasteiger partial charge in [-0.25, -0.2) is 4.39 Å². The van der Waals surface area contributed by atoms with Crippen LogP contribution >= 0.6 is 11.6 Å². The van der Waals surface area contributed by atoms with Crippen molar-refractivity contribution in [3.8, 4) is 0 Å². The van der Waals surface area contributed by atoms with Crippen LogP contribution in [0, 0.1) is 5.82 Å². The molecule has 8 heteroatoms. The van der Waals surface area contributed by atoms with Gasteiger partial charge in [0.25, 0.3) is 0 Å². The second-order valence-electron chi connectivity index (χ2n) is 6.31. The first-order valence-electron chi connectivity index (χ1n) is 8.61. The summed E-state index contributed by atoms with van der Waals surface area (Å²) >= 11 is 6.10. The normalized spacial score (nSPS) is 12.7. The molecular formula is C20H21ClFN3O3. The van der Waals surface area contributed by atoms with Gasteiger partial charge in [0.1, 0.15) is 17.9 Å². The predicted molar refractivity (Wildman–Crippen MR) is 104 cm³/mol. The first kappa shape index (κ1) is 21.4. The largest absolute Gasteiger partial charge is 0.368 e. The van der Waals surface area contributed by atoms with Gasteiger partial charge in [0.2, 0.25) is 17.7 Å². The number of benzene rings is 2. The zero-order chi connectivity index (χ0) is 20.7. The van der Waals surface area contributed by atoms with Crippen molar-refractivity contribution in [1.82, 2.24) is 10.6 Å². The van der Waals surface area contributed by atoms with E-state index in [0.29, 0.717) is 10.6 Å². The Bertz CT molecular complexity index is 875. The van der Waals surface area contributed by atoms with E-state index in [1.807, 2.05) is 0 Å². The van der Waals surface area contributed by atoms with E-state index < -0.39 is 35.6 Å². The molecule has 0 heterocycles. The highest BCUT2D eigenvalue weighted by atomic mass is 35.5.